The smallest absolute Gasteiger partial charge is 0.252 e. The van der Waals surface area contributed by atoms with Gasteiger partial charge in [-0.1, -0.05) is 0 Å². The highest BCUT2D eigenvalue weighted by molar-refractivity contribution is 9.10. The van der Waals surface area contributed by atoms with Gasteiger partial charge in [-0.3, -0.25) is 9.59 Å². The van der Waals surface area contributed by atoms with Gasteiger partial charge in [0.25, 0.3) is 5.91 Å². The fourth-order valence-corrected chi connectivity index (χ4v) is 2.11. The van der Waals surface area contributed by atoms with Crippen LogP contribution in [-0.4, -0.2) is 41.3 Å². The van der Waals surface area contributed by atoms with Gasteiger partial charge in [-0.05, 0) is 34.5 Å². The molecule has 0 aliphatic carbocycles. The Morgan fingerprint density at radius 2 is 2.41 bits per heavy atom. The van der Waals surface area contributed by atoms with E-state index >= 15 is 0 Å². The quantitative estimate of drug-likeness (QED) is 0.822. The Bertz CT molecular complexity index is 464. The highest BCUT2D eigenvalue weighted by atomic mass is 79.9. The standard InChI is InChI=1S/C11H12BrN3O2/c1-15-5-3-8(11(15)17)14-10(16)7-2-4-13-9(12)6-7/h2,4,6,8H,3,5H2,1H3,(H,14,16). The topological polar surface area (TPSA) is 62.3 Å². The Morgan fingerprint density at radius 1 is 1.65 bits per heavy atom. The molecule has 5 nitrogen and oxygen atoms in total. The molecule has 1 aromatic heterocycles. The number of nitrogens with one attached hydrogen (secondary N) is 1. The van der Waals surface area contributed by atoms with Crippen LogP contribution >= 0.6 is 15.9 Å². The van der Waals surface area contributed by atoms with Gasteiger partial charge < -0.3 is 10.2 Å². The summed E-state index contributed by atoms with van der Waals surface area (Å²) in [5, 5.41) is 2.72. The van der Waals surface area contributed by atoms with E-state index in [2.05, 4.69) is 26.2 Å². The van der Waals surface area contributed by atoms with Crippen LogP contribution in [0.4, 0.5) is 0 Å². The third-order valence-electron chi connectivity index (χ3n) is 2.72. The van der Waals surface area contributed by atoms with Gasteiger partial charge in [0.05, 0.1) is 0 Å². The minimum atomic E-state index is -0.403. The second kappa shape index (κ2) is 4.83. The maximum Gasteiger partial charge on any atom is 0.252 e. The second-order valence-corrected chi connectivity index (χ2v) is 4.75. The van der Waals surface area contributed by atoms with Gasteiger partial charge >= 0.3 is 0 Å². The molecule has 1 saturated heterocycles. The molecule has 1 N–H and O–H groups in total. The van der Waals surface area contributed by atoms with Gasteiger partial charge in [0.15, 0.2) is 0 Å². The molecule has 2 amide bonds. The van der Waals surface area contributed by atoms with Crippen molar-refractivity contribution in [3.8, 4) is 0 Å². The van der Waals surface area contributed by atoms with Crippen LogP contribution in [-0.2, 0) is 4.79 Å². The molecule has 0 saturated carbocycles. The zero-order valence-corrected chi connectivity index (χ0v) is 10.9. The molecule has 0 spiro atoms. The van der Waals surface area contributed by atoms with Crippen molar-refractivity contribution in [3.63, 3.8) is 0 Å². The van der Waals surface area contributed by atoms with E-state index in [1.54, 1.807) is 30.3 Å². The zero-order chi connectivity index (χ0) is 12.4. The van der Waals surface area contributed by atoms with Crippen LogP contribution in [0, 0.1) is 0 Å². The van der Waals surface area contributed by atoms with E-state index in [9.17, 15) is 9.59 Å². The van der Waals surface area contributed by atoms with Crippen LogP contribution in [0.3, 0.4) is 0 Å². The van der Waals surface area contributed by atoms with Crippen molar-refractivity contribution in [1.29, 1.82) is 0 Å². The van der Waals surface area contributed by atoms with E-state index in [0.717, 1.165) is 0 Å². The minimum absolute atomic E-state index is 0.0357. The van der Waals surface area contributed by atoms with Gasteiger partial charge in [0.2, 0.25) is 5.91 Å². The van der Waals surface area contributed by atoms with Crippen LogP contribution in [0.25, 0.3) is 0 Å². The Morgan fingerprint density at radius 3 is 3.00 bits per heavy atom. The van der Waals surface area contributed by atoms with Crippen molar-refractivity contribution >= 4 is 27.7 Å². The van der Waals surface area contributed by atoms with Crippen LogP contribution in [0.15, 0.2) is 22.9 Å². The molecule has 1 unspecified atom stereocenters. The predicted molar refractivity (Wildman–Crippen MR) is 65.4 cm³/mol. The highest BCUT2D eigenvalue weighted by Gasteiger charge is 2.30. The normalized spacial score (nSPS) is 19.5. The molecular formula is C11H12BrN3O2. The summed E-state index contributed by atoms with van der Waals surface area (Å²) in [6, 6.07) is 2.83. The number of carbonyl (C=O) groups excluding carboxylic acids is 2. The van der Waals surface area contributed by atoms with Gasteiger partial charge in [-0.15, -0.1) is 0 Å². The van der Waals surface area contributed by atoms with Gasteiger partial charge in [-0.2, -0.15) is 0 Å². The minimum Gasteiger partial charge on any atom is -0.344 e. The SMILES string of the molecule is CN1CCC(NC(=O)c2ccnc(Br)c2)C1=O. The van der Waals surface area contributed by atoms with Crippen LogP contribution in [0.2, 0.25) is 0 Å². The molecule has 1 atom stereocenters. The Hall–Kier alpha value is -1.43. The van der Waals surface area contributed by atoms with Crippen LogP contribution in [0.1, 0.15) is 16.8 Å². The molecule has 90 valence electrons. The lowest BCUT2D eigenvalue weighted by molar-refractivity contribution is -0.128. The third-order valence-corrected chi connectivity index (χ3v) is 3.16. The lowest BCUT2D eigenvalue weighted by Gasteiger charge is -2.12. The first-order chi connectivity index (χ1) is 8.08. The van der Waals surface area contributed by atoms with Gasteiger partial charge in [0, 0.05) is 25.4 Å². The summed E-state index contributed by atoms with van der Waals surface area (Å²) in [4.78, 5) is 29.1. The summed E-state index contributed by atoms with van der Waals surface area (Å²) in [6.45, 7) is 0.684. The molecule has 17 heavy (non-hydrogen) atoms. The molecule has 1 aliphatic heterocycles. The first kappa shape index (κ1) is 12.0. The average molecular weight is 298 g/mol. The predicted octanol–water partition coefficient (Wildman–Crippen LogP) is 0.805. The number of aromatic nitrogens is 1. The number of likely N-dealkylation sites (N-methyl/N-ethyl adjacent to an activating group) is 1. The fraction of sp³-hybridized carbons (Fsp3) is 0.364. The van der Waals surface area contributed by atoms with E-state index < -0.39 is 6.04 Å². The second-order valence-electron chi connectivity index (χ2n) is 3.94. The number of amides is 2. The van der Waals surface area contributed by atoms with Crippen LogP contribution < -0.4 is 5.32 Å². The number of rotatable bonds is 2. The Kier molecular flexibility index (Phi) is 3.42. The number of pyridine rings is 1. The largest absolute Gasteiger partial charge is 0.344 e. The van der Waals surface area contributed by atoms with E-state index in [-0.39, 0.29) is 11.8 Å². The monoisotopic (exact) mass is 297 g/mol. The fourth-order valence-electron chi connectivity index (χ4n) is 1.74. The maximum absolute atomic E-state index is 11.9. The van der Waals surface area contributed by atoms with Crippen molar-refractivity contribution in [2.45, 2.75) is 12.5 Å². The van der Waals surface area contributed by atoms with E-state index in [1.807, 2.05) is 0 Å². The number of hydrogen-bond donors (Lipinski definition) is 1. The molecule has 1 aliphatic rings. The number of carbonyl (C=O) groups is 2. The first-order valence-electron chi connectivity index (χ1n) is 5.25. The maximum atomic E-state index is 11.9. The lowest BCUT2D eigenvalue weighted by atomic mass is 10.2. The molecule has 0 bridgehead atoms. The number of hydrogen-bond acceptors (Lipinski definition) is 3. The Labute approximate surface area is 107 Å². The summed E-state index contributed by atoms with van der Waals surface area (Å²) < 4.78 is 0.597. The van der Waals surface area contributed by atoms with E-state index in [4.69, 9.17) is 0 Å². The van der Waals surface area contributed by atoms with Gasteiger partial charge in [0.1, 0.15) is 10.6 Å². The molecular weight excluding hydrogens is 286 g/mol. The summed E-state index contributed by atoms with van der Waals surface area (Å²) in [5.41, 5.74) is 0.495. The van der Waals surface area contributed by atoms with Crippen molar-refractivity contribution < 1.29 is 9.59 Å². The number of likely N-dealkylation sites (tertiary alicyclic amines) is 1. The average Bonchev–Trinajstić information content (AvgIpc) is 2.61. The molecule has 2 rings (SSSR count). The molecule has 1 aromatic rings. The highest BCUT2D eigenvalue weighted by Crippen LogP contribution is 2.11. The summed E-state index contributed by atoms with van der Waals surface area (Å²) >= 11 is 3.20. The number of halogens is 1. The summed E-state index contributed by atoms with van der Waals surface area (Å²) in [5.74, 6) is -0.284. The van der Waals surface area contributed by atoms with E-state index in [1.165, 1.54) is 0 Å². The van der Waals surface area contributed by atoms with Gasteiger partial charge in [-0.25, -0.2) is 4.98 Å². The van der Waals surface area contributed by atoms with Crippen molar-refractivity contribution in [2.75, 3.05) is 13.6 Å². The molecule has 1 fully saturated rings. The molecule has 6 heteroatoms. The third kappa shape index (κ3) is 2.63. The zero-order valence-electron chi connectivity index (χ0n) is 9.31. The van der Waals surface area contributed by atoms with Crippen molar-refractivity contribution in [3.05, 3.63) is 28.5 Å². The van der Waals surface area contributed by atoms with Crippen LogP contribution in [0.5, 0.6) is 0 Å². The molecule has 2 heterocycles. The summed E-state index contributed by atoms with van der Waals surface area (Å²) in [6.07, 6.45) is 2.20. The summed E-state index contributed by atoms with van der Waals surface area (Å²) in [7, 11) is 1.73. The molecule has 0 radical (unpaired) electrons. The van der Waals surface area contributed by atoms with E-state index in [0.29, 0.717) is 23.1 Å². The van der Waals surface area contributed by atoms with Crippen molar-refractivity contribution in [1.82, 2.24) is 15.2 Å². The number of nitrogens with zero attached hydrogens (tertiary/aromatic N) is 2. The van der Waals surface area contributed by atoms with Crippen molar-refractivity contribution in [2.24, 2.45) is 0 Å². The first-order valence-corrected chi connectivity index (χ1v) is 6.04. The lowest BCUT2D eigenvalue weighted by Crippen LogP contribution is -2.40. The molecule has 0 aromatic carbocycles. The Balaban J connectivity index is 2.05.